The predicted molar refractivity (Wildman–Crippen MR) is 65.5 cm³/mol. The van der Waals surface area contributed by atoms with Gasteiger partial charge in [0.05, 0.1) is 6.54 Å². The first-order chi connectivity index (χ1) is 8.92. The zero-order valence-electron chi connectivity index (χ0n) is 9.46. The van der Waals surface area contributed by atoms with Crippen molar-refractivity contribution >= 4 is 5.69 Å². The number of hydrogen-bond donors (Lipinski definition) is 3. The number of nitrogens with zero attached hydrogens (tertiary/aromatic N) is 4. The molecule has 0 saturated heterocycles. The van der Waals surface area contributed by atoms with Gasteiger partial charge in [-0.1, -0.05) is 12.1 Å². The highest BCUT2D eigenvalue weighted by molar-refractivity contribution is 5.61. The molecule has 7 nitrogen and oxygen atoms in total. The van der Waals surface area contributed by atoms with Crippen LogP contribution in [0.4, 0.5) is 5.69 Å². The van der Waals surface area contributed by atoms with Crippen molar-refractivity contribution in [2.24, 2.45) is 0 Å². The summed E-state index contributed by atoms with van der Waals surface area (Å²) in [6.07, 6.45) is 3.53. The van der Waals surface area contributed by atoms with E-state index in [1.165, 1.54) is 0 Å². The van der Waals surface area contributed by atoms with Gasteiger partial charge in [-0.15, -0.1) is 10.2 Å². The van der Waals surface area contributed by atoms with Gasteiger partial charge >= 0.3 is 0 Å². The number of imidazole rings is 1. The van der Waals surface area contributed by atoms with Crippen molar-refractivity contribution < 1.29 is 0 Å². The Hall–Kier alpha value is -2.70. The van der Waals surface area contributed by atoms with Gasteiger partial charge in [0.15, 0.2) is 0 Å². The zero-order chi connectivity index (χ0) is 12.2. The predicted octanol–water partition coefficient (Wildman–Crippen LogP) is 1.20. The molecule has 0 aliphatic heterocycles. The van der Waals surface area contributed by atoms with Crippen molar-refractivity contribution in [2.45, 2.75) is 6.54 Å². The lowest BCUT2D eigenvalue weighted by Crippen LogP contribution is -2.01. The van der Waals surface area contributed by atoms with Crippen LogP contribution in [0.1, 0.15) is 5.82 Å². The van der Waals surface area contributed by atoms with Crippen LogP contribution in [-0.4, -0.2) is 30.6 Å². The number of aromatic nitrogens is 6. The van der Waals surface area contributed by atoms with Crippen LogP contribution in [-0.2, 0) is 6.54 Å². The monoisotopic (exact) mass is 241 g/mol. The van der Waals surface area contributed by atoms with Gasteiger partial charge in [0.1, 0.15) is 5.82 Å². The average molecular weight is 241 g/mol. The van der Waals surface area contributed by atoms with E-state index in [0.29, 0.717) is 12.4 Å². The lowest BCUT2D eigenvalue weighted by atomic mass is 10.2. The van der Waals surface area contributed by atoms with E-state index in [9.17, 15) is 0 Å². The molecule has 0 aliphatic rings. The minimum atomic E-state index is 0.580. The van der Waals surface area contributed by atoms with Crippen LogP contribution in [0.15, 0.2) is 36.7 Å². The van der Waals surface area contributed by atoms with Gasteiger partial charge in [0.2, 0.25) is 5.82 Å². The summed E-state index contributed by atoms with van der Waals surface area (Å²) in [6, 6.07) is 7.82. The van der Waals surface area contributed by atoms with Gasteiger partial charge in [-0.2, -0.15) is 5.21 Å². The summed E-state index contributed by atoms with van der Waals surface area (Å²) >= 11 is 0. The van der Waals surface area contributed by atoms with E-state index in [1.54, 1.807) is 12.4 Å². The largest absolute Gasteiger partial charge is 0.378 e. The fraction of sp³-hybridized carbons (Fsp3) is 0.0909. The number of nitrogens with one attached hydrogen (secondary N) is 3. The summed E-state index contributed by atoms with van der Waals surface area (Å²) in [5, 5.41) is 17.1. The van der Waals surface area contributed by atoms with E-state index >= 15 is 0 Å². The lowest BCUT2D eigenvalue weighted by molar-refractivity contribution is 0.881. The van der Waals surface area contributed by atoms with Crippen LogP contribution in [0.2, 0.25) is 0 Å². The van der Waals surface area contributed by atoms with Crippen molar-refractivity contribution in [3.8, 4) is 11.4 Å². The van der Waals surface area contributed by atoms with Gasteiger partial charge in [-0.3, -0.25) is 0 Å². The number of hydrogen-bond acceptors (Lipinski definition) is 5. The second kappa shape index (κ2) is 4.66. The van der Waals surface area contributed by atoms with Gasteiger partial charge in [0.25, 0.3) is 0 Å². The number of tetrazole rings is 1. The fourth-order valence-electron chi connectivity index (χ4n) is 1.63. The topological polar surface area (TPSA) is 95.2 Å². The highest BCUT2D eigenvalue weighted by atomic mass is 15.5. The molecule has 1 aromatic carbocycles. The summed E-state index contributed by atoms with van der Waals surface area (Å²) in [5.41, 5.74) is 1.89. The second-order valence-electron chi connectivity index (χ2n) is 3.71. The Balaban J connectivity index is 1.75. The molecule has 2 heterocycles. The van der Waals surface area contributed by atoms with Crippen molar-refractivity contribution in [1.29, 1.82) is 0 Å². The molecule has 2 aromatic heterocycles. The SMILES string of the molecule is c1cc(NCc2ncc[nH]2)cc(-c2nn[nH]n2)c1. The minimum absolute atomic E-state index is 0.580. The second-order valence-corrected chi connectivity index (χ2v) is 3.71. The smallest absolute Gasteiger partial charge is 0.204 e. The number of H-pyrrole nitrogens is 2. The average Bonchev–Trinajstić information content (AvgIpc) is 3.10. The van der Waals surface area contributed by atoms with Crippen molar-refractivity contribution in [2.75, 3.05) is 5.32 Å². The molecule has 7 heteroatoms. The van der Waals surface area contributed by atoms with Gasteiger partial charge < -0.3 is 10.3 Å². The molecule has 0 saturated carbocycles. The first-order valence-corrected chi connectivity index (χ1v) is 5.48. The first kappa shape index (κ1) is 10.5. The summed E-state index contributed by atoms with van der Waals surface area (Å²) in [7, 11) is 0. The minimum Gasteiger partial charge on any atom is -0.378 e. The summed E-state index contributed by atoms with van der Waals surface area (Å²) in [5.74, 6) is 1.47. The molecule has 0 bridgehead atoms. The molecule has 0 unspecified atom stereocenters. The molecule has 3 N–H and O–H groups in total. The lowest BCUT2D eigenvalue weighted by Gasteiger charge is -2.05. The number of benzene rings is 1. The Morgan fingerprint density at radius 2 is 2.28 bits per heavy atom. The van der Waals surface area contributed by atoms with Crippen molar-refractivity contribution in [3.63, 3.8) is 0 Å². The maximum Gasteiger partial charge on any atom is 0.204 e. The number of rotatable bonds is 4. The van der Waals surface area contributed by atoms with E-state index < -0.39 is 0 Å². The molecule has 0 radical (unpaired) electrons. The van der Waals surface area contributed by atoms with Crippen molar-refractivity contribution in [1.82, 2.24) is 30.6 Å². The molecular formula is C11H11N7. The van der Waals surface area contributed by atoms with E-state index in [0.717, 1.165) is 17.1 Å². The van der Waals surface area contributed by atoms with Gasteiger partial charge in [0, 0.05) is 23.6 Å². The Morgan fingerprint density at radius 1 is 1.28 bits per heavy atom. The van der Waals surface area contributed by atoms with E-state index in [-0.39, 0.29) is 0 Å². The normalized spacial score (nSPS) is 10.4. The molecular weight excluding hydrogens is 230 g/mol. The van der Waals surface area contributed by atoms with Crippen LogP contribution in [0.25, 0.3) is 11.4 Å². The van der Waals surface area contributed by atoms with E-state index in [1.807, 2.05) is 24.3 Å². The fourth-order valence-corrected chi connectivity index (χ4v) is 1.63. The Morgan fingerprint density at radius 3 is 3.06 bits per heavy atom. The molecule has 90 valence electrons. The Kier molecular flexibility index (Phi) is 2.71. The third-order valence-electron chi connectivity index (χ3n) is 2.48. The van der Waals surface area contributed by atoms with E-state index in [4.69, 9.17) is 0 Å². The molecule has 3 aromatic rings. The zero-order valence-corrected chi connectivity index (χ0v) is 9.46. The Labute approximate surface area is 103 Å². The van der Waals surface area contributed by atoms with Crippen molar-refractivity contribution in [3.05, 3.63) is 42.5 Å². The Bertz CT molecular complexity index is 600. The third-order valence-corrected chi connectivity index (χ3v) is 2.48. The molecule has 0 spiro atoms. The number of anilines is 1. The maximum atomic E-state index is 4.15. The third kappa shape index (κ3) is 2.19. The van der Waals surface area contributed by atoms with Gasteiger partial charge in [-0.05, 0) is 17.3 Å². The molecule has 3 rings (SSSR count). The van der Waals surface area contributed by atoms with Crippen LogP contribution in [0.5, 0.6) is 0 Å². The van der Waals surface area contributed by atoms with E-state index in [2.05, 4.69) is 35.9 Å². The molecule has 0 aliphatic carbocycles. The summed E-state index contributed by atoms with van der Waals surface area (Å²) < 4.78 is 0. The number of aromatic amines is 2. The molecule has 0 fully saturated rings. The van der Waals surface area contributed by atoms with Crippen LogP contribution in [0, 0.1) is 0 Å². The molecule has 0 amide bonds. The maximum absolute atomic E-state index is 4.15. The highest BCUT2D eigenvalue weighted by Gasteiger charge is 2.03. The first-order valence-electron chi connectivity index (χ1n) is 5.48. The summed E-state index contributed by atoms with van der Waals surface area (Å²) in [4.78, 5) is 7.18. The standard InChI is InChI=1S/C11H11N7/c1-2-8(11-15-17-18-16-11)6-9(3-1)14-7-10-12-4-5-13-10/h1-6,14H,7H2,(H,12,13)(H,15,16,17,18). The highest BCUT2D eigenvalue weighted by Crippen LogP contribution is 2.18. The van der Waals surface area contributed by atoms with Crippen LogP contribution in [0.3, 0.4) is 0 Å². The van der Waals surface area contributed by atoms with Crippen LogP contribution >= 0.6 is 0 Å². The quantitative estimate of drug-likeness (QED) is 0.638. The molecule has 0 atom stereocenters. The summed E-state index contributed by atoms with van der Waals surface area (Å²) in [6.45, 7) is 0.642. The molecule has 18 heavy (non-hydrogen) atoms. The van der Waals surface area contributed by atoms with Gasteiger partial charge in [-0.25, -0.2) is 4.98 Å². The van der Waals surface area contributed by atoms with Crippen LogP contribution < -0.4 is 5.32 Å².